The van der Waals surface area contributed by atoms with Gasteiger partial charge in [0.05, 0.1) is 19.1 Å². The number of hydrogen-bond acceptors (Lipinski definition) is 17. The van der Waals surface area contributed by atoms with Gasteiger partial charge in [0, 0.05) is 42.2 Å². The van der Waals surface area contributed by atoms with Crippen LogP contribution >= 0.6 is 24.4 Å². The molecule has 30 nitrogen and oxygen atoms in total. The molecule has 32 heteroatoms. The first-order valence-electron chi connectivity index (χ1n) is 28.0. The number of nitrogens with two attached hydrogens (primary N) is 4. The standard InChI is InChI=1S/C54H87N15O15S2/c1-8-28(6)43(52(82)65-35(20-26(2)3)47(77)66-38(24-70)50(80)62-34(15-16-40(56)71)46(76)64-37(22-41(72)73)49(79)68-42(27(4)5)53(83)84)69-51(81)39(25-85)67-45(75)33(14-11-18-59-54(57)58)61-48(78)36(63-44(74)31(55)17-19-86-7)21-29-23-60-32-13-10-9-12-30(29)32/h9-10,12-13,23,26-28,31,33-39,42-43,60,70,85H,8,11,14-22,24-25,55H2,1-7H3,(H2,56,71)(H,61,78)(H,62,80)(H,63,74)(H,64,76)(H,65,82)(H,66,77)(H,67,75)(H,68,79)(H,69,81)(H,72,73)(H,83,84)(H4,57,58,59)/t28-,31-,33-,34-,35-,36-,37-,38-,39-,42-,43-/m0/s1. The van der Waals surface area contributed by atoms with Gasteiger partial charge in [-0.3, -0.25) is 57.7 Å². The number of nitrogens with zero attached hydrogens (tertiary/aromatic N) is 1. The quantitative estimate of drug-likeness (QED) is 0.0135. The van der Waals surface area contributed by atoms with Crippen LogP contribution < -0.4 is 70.8 Å². The topological polar surface area (TPSA) is 506 Å². The largest absolute Gasteiger partial charge is 0.481 e. The van der Waals surface area contributed by atoms with E-state index in [4.69, 9.17) is 22.9 Å². The number of guanidine groups is 1. The molecule has 2 rings (SSSR count). The minimum absolute atomic E-state index is 0.0143. The molecule has 1 aromatic carbocycles. The highest BCUT2D eigenvalue weighted by Crippen LogP contribution is 2.20. The van der Waals surface area contributed by atoms with Crippen molar-refractivity contribution in [1.82, 2.24) is 52.8 Å². The normalized spacial score (nSPS) is 15.1. The predicted octanol–water partition coefficient (Wildman–Crippen LogP) is -3.30. The lowest BCUT2D eigenvalue weighted by molar-refractivity contribution is -0.144. The first kappa shape index (κ1) is 74.4. The van der Waals surface area contributed by atoms with Crippen molar-refractivity contribution < 1.29 is 72.9 Å². The van der Waals surface area contributed by atoms with E-state index in [0.29, 0.717) is 24.2 Å². The zero-order valence-electron chi connectivity index (χ0n) is 49.4. The van der Waals surface area contributed by atoms with Gasteiger partial charge in [0.25, 0.3) is 0 Å². The van der Waals surface area contributed by atoms with E-state index in [9.17, 15) is 72.9 Å². The summed E-state index contributed by atoms with van der Waals surface area (Å²) in [5, 5.41) is 52.4. The van der Waals surface area contributed by atoms with Crippen LogP contribution in [0.1, 0.15) is 98.5 Å². The summed E-state index contributed by atoms with van der Waals surface area (Å²) in [7, 11) is 0. The number of carbonyl (C=O) groups is 12. The molecule has 0 spiro atoms. The summed E-state index contributed by atoms with van der Waals surface area (Å²) in [6.45, 7) is 8.65. The highest BCUT2D eigenvalue weighted by Gasteiger charge is 2.37. The molecular formula is C54H87N15O15S2. The number of carbonyl (C=O) groups excluding carboxylic acids is 10. The third-order valence-electron chi connectivity index (χ3n) is 13.6. The number of amides is 10. The second kappa shape index (κ2) is 37.7. The molecule has 0 saturated heterocycles. The molecule has 0 saturated carbocycles. The Morgan fingerprint density at radius 1 is 0.640 bits per heavy atom. The van der Waals surface area contributed by atoms with Crippen molar-refractivity contribution in [3.8, 4) is 0 Å². The van der Waals surface area contributed by atoms with Gasteiger partial charge in [-0.25, -0.2) is 4.79 Å². The SMILES string of the molecule is CC[C@H](C)[C@H](NC(=O)[C@H](CS)NC(=O)[C@H](CCCN=C(N)N)NC(=O)[C@H](Cc1c[nH]c2ccccc12)NC(=O)[C@@H](N)CCSC)C(=O)N[C@@H](CC(C)C)C(=O)N[C@@H](CO)C(=O)N[C@@H](CCC(N)=O)C(=O)N[C@@H](CC(=O)O)C(=O)N[C@H](C(=O)O)C(C)C. The number of aliphatic hydroxyl groups excluding tert-OH is 1. The maximum Gasteiger partial charge on any atom is 0.326 e. The number of thioether (sulfide) groups is 1. The number of hydrogen-bond donors (Lipinski definition) is 18. The maximum atomic E-state index is 14.3. The lowest BCUT2D eigenvalue weighted by atomic mass is 9.96. The average Bonchev–Trinajstić information content (AvgIpc) is 2.83. The van der Waals surface area contributed by atoms with E-state index >= 15 is 0 Å². The van der Waals surface area contributed by atoms with Gasteiger partial charge >= 0.3 is 11.9 Å². The molecule has 2 aromatic rings. The second-order valence-corrected chi connectivity index (χ2v) is 22.7. The Balaban J connectivity index is 2.41. The summed E-state index contributed by atoms with van der Waals surface area (Å²) >= 11 is 5.82. The van der Waals surface area contributed by atoms with E-state index in [1.54, 1.807) is 33.9 Å². The van der Waals surface area contributed by atoms with Crippen LogP contribution in [0.4, 0.5) is 0 Å². The number of thiol groups is 1. The lowest BCUT2D eigenvalue weighted by Gasteiger charge is -2.30. The van der Waals surface area contributed by atoms with Crippen molar-refractivity contribution in [1.29, 1.82) is 0 Å². The second-order valence-electron chi connectivity index (χ2n) is 21.4. The summed E-state index contributed by atoms with van der Waals surface area (Å²) in [6, 6.07) is -7.47. The molecule has 0 aliphatic heterocycles. The fourth-order valence-corrected chi connectivity index (χ4v) is 9.28. The molecular weight excluding hydrogens is 1160 g/mol. The molecule has 1 aromatic heterocycles. The van der Waals surface area contributed by atoms with E-state index in [0.717, 1.165) is 10.9 Å². The number of para-hydroxylation sites is 1. The Morgan fingerprint density at radius 2 is 1.15 bits per heavy atom. The molecule has 21 N–H and O–H groups in total. The van der Waals surface area contributed by atoms with Gasteiger partial charge in [-0.1, -0.05) is 66.2 Å². The lowest BCUT2D eigenvalue weighted by Crippen LogP contribution is -2.62. The van der Waals surface area contributed by atoms with Gasteiger partial charge in [-0.15, -0.1) is 0 Å². The van der Waals surface area contributed by atoms with Crippen LogP contribution in [-0.4, -0.2) is 189 Å². The van der Waals surface area contributed by atoms with Crippen molar-refractivity contribution in [3.05, 3.63) is 36.0 Å². The number of benzene rings is 1. The monoisotopic (exact) mass is 1250 g/mol. The Kier molecular flexibility index (Phi) is 32.6. The van der Waals surface area contributed by atoms with Crippen molar-refractivity contribution >= 4 is 112 Å². The molecule has 0 unspecified atom stereocenters. The number of aliphatic imine (C=N–C) groups is 1. The number of rotatable bonds is 40. The third kappa shape index (κ3) is 25.5. The van der Waals surface area contributed by atoms with Gasteiger partial charge in [0.2, 0.25) is 59.1 Å². The van der Waals surface area contributed by atoms with Crippen LogP contribution in [0, 0.1) is 17.8 Å². The fraction of sp³-hybridized carbons (Fsp3) is 0.611. The highest BCUT2D eigenvalue weighted by molar-refractivity contribution is 7.98. The summed E-state index contributed by atoms with van der Waals surface area (Å²) in [6.07, 6.45) is 2.06. The summed E-state index contributed by atoms with van der Waals surface area (Å²) in [4.78, 5) is 167. The minimum atomic E-state index is -1.89. The zero-order valence-corrected chi connectivity index (χ0v) is 51.1. The van der Waals surface area contributed by atoms with Gasteiger partial charge in [0.15, 0.2) is 5.96 Å². The smallest absolute Gasteiger partial charge is 0.326 e. The molecule has 0 aliphatic rings. The van der Waals surface area contributed by atoms with Crippen molar-refractivity contribution in [2.45, 2.75) is 160 Å². The minimum Gasteiger partial charge on any atom is -0.481 e. The first-order valence-corrected chi connectivity index (χ1v) is 30.0. The van der Waals surface area contributed by atoms with E-state index in [-0.39, 0.29) is 49.9 Å². The number of aliphatic hydroxyl groups is 1. The van der Waals surface area contributed by atoms with Crippen molar-refractivity contribution in [2.75, 3.05) is 30.9 Å². The zero-order chi connectivity index (χ0) is 65.0. The molecule has 0 fully saturated rings. The van der Waals surface area contributed by atoms with Crippen molar-refractivity contribution in [3.63, 3.8) is 0 Å². The summed E-state index contributed by atoms with van der Waals surface area (Å²) in [5.41, 5.74) is 24.0. The Morgan fingerprint density at radius 3 is 1.70 bits per heavy atom. The Labute approximate surface area is 508 Å². The molecule has 10 amide bonds. The predicted molar refractivity (Wildman–Crippen MR) is 323 cm³/mol. The number of primary amides is 1. The number of carboxylic acids is 2. The molecule has 0 aliphatic carbocycles. The van der Waals surface area contributed by atoms with Crippen LogP contribution in [-0.2, 0) is 64.0 Å². The third-order valence-corrected chi connectivity index (χ3v) is 14.6. The van der Waals surface area contributed by atoms with Crippen LogP contribution in [0.5, 0.6) is 0 Å². The molecule has 0 radical (unpaired) electrons. The van der Waals surface area contributed by atoms with Gasteiger partial charge in [-0.05, 0) is 73.5 Å². The van der Waals surface area contributed by atoms with E-state index in [1.807, 2.05) is 30.5 Å². The van der Waals surface area contributed by atoms with Gasteiger partial charge < -0.3 is 91.1 Å². The Bertz CT molecular complexity index is 2690. The van der Waals surface area contributed by atoms with Crippen LogP contribution in [0.15, 0.2) is 35.5 Å². The number of H-pyrrole nitrogens is 1. The van der Waals surface area contributed by atoms with E-state index < -0.39 is 169 Å². The van der Waals surface area contributed by atoms with Crippen LogP contribution in [0.2, 0.25) is 0 Å². The molecule has 0 bridgehead atoms. The van der Waals surface area contributed by atoms with Crippen LogP contribution in [0.25, 0.3) is 10.9 Å². The molecule has 480 valence electrons. The summed E-state index contributed by atoms with van der Waals surface area (Å²) < 4.78 is 0. The highest BCUT2D eigenvalue weighted by atomic mass is 32.2. The fourth-order valence-electron chi connectivity index (χ4n) is 8.53. The Hall–Kier alpha value is -7.71. The van der Waals surface area contributed by atoms with Gasteiger partial charge in [0.1, 0.15) is 54.4 Å². The van der Waals surface area contributed by atoms with Gasteiger partial charge in [-0.2, -0.15) is 24.4 Å². The number of aromatic nitrogens is 1. The molecule has 11 atom stereocenters. The van der Waals surface area contributed by atoms with E-state index in [1.165, 1.54) is 25.6 Å². The van der Waals surface area contributed by atoms with Crippen molar-refractivity contribution in [2.24, 2.45) is 45.7 Å². The average molecular weight is 1250 g/mol. The van der Waals surface area contributed by atoms with E-state index in [2.05, 4.69) is 70.5 Å². The molecule has 86 heavy (non-hydrogen) atoms. The number of aromatic amines is 1. The van der Waals surface area contributed by atoms with Crippen LogP contribution in [0.3, 0.4) is 0 Å². The first-order chi connectivity index (χ1) is 40.5. The number of carboxylic acid groups (broad SMARTS) is 2. The molecule has 1 heterocycles. The maximum absolute atomic E-state index is 14.3. The number of nitrogens with one attached hydrogen (secondary N) is 10. The summed E-state index contributed by atoms with van der Waals surface area (Å²) in [5.74, 6) is -14.2. The number of fused-ring (bicyclic) bond motifs is 1. The number of aliphatic carboxylic acids is 2.